The molecule has 0 aromatic heterocycles. The number of methoxy groups -OCH3 is 1. The predicted molar refractivity (Wildman–Crippen MR) is 117 cm³/mol. The van der Waals surface area contributed by atoms with Gasteiger partial charge < -0.3 is 14.7 Å². The van der Waals surface area contributed by atoms with Crippen LogP contribution in [0.5, 0.6) is 5.75 Å². The summed E-state index contributed by atoms with van der Waals surface area (Å²) in [4.78, 5) is 25.6. The number of carboxylic acid groups (broad SMARTS) is 1. The lowest BCUT2D eigenvalue weighted by Crippen LogP contribution is -2.37. The zero-order valence-corrected chi connectivity index (χ0v) is 17.5. The number of benzene rings is 2. The van der Waals surface area contributed by atoms with Crippen LogP contribution in [0.25, 0.3) is 5.57 Å². The number of nitrogens with zero attached hydrogens (tertiary/aromatic N) is 1. The standard InChI is InChI=1S/C25H27NO4/c1-16(27)26(21-5-3-4-6-21)22-12-11-17-7-8-18(23(17)15-22)13-19-9-10-20(25(28)29)14-24(19)30-2/h8-12,14-15,21H,3-7,13H2,1-2H3,(H,28,29). The largest absolute Gasteiger partial charge is 0.496 e. The molecule has 0 aliphatic heterocycles. The second-order valence-electron chi connectivity index (χ2n) is 8.11. The number of allylic oxidation sites excluding steroid dienone is 2. The van der Waals surface area contributed by atoms with Gasteiger partial charge in [0, 0.05) is 25.1 Å². The number of hydrogen-bond donors (Lipinski definition) is 1. The number of carbonyl (C=O) groups excluding carboxylic acids is 1. The van der Waals surface area contributed by atoms with Crippen molar-refractivity contribution in [3.05, 3.63) is 64.7 Å². The second-order valence-corrected chi connectivity index (χ2v) is 8.11. The van der Waals surface area contributed by atoms with Gasteiger partial charge in [-0.15, -0.1) is 0 Å². The number of fused-ring (bicyclic) bond motifs is 1. The second kappa shape index (κ2) is 8.34. The summed E-state index contributed by atoms with van der Waals surface area (Å²) < 4.78 is 5.45. The molecule has 30 heavy (non-hydrogen) atoms. The van der Waals surface area contributed by atoms with E-state index in [-0.39, 0.29) is 17.5 Å². The molecule has 0 radical (unpaired) electrons. The molecule has 2 aliphatic rings. The Bertz CT molecular complexity index is 1020. The molecule has 5 heteroatoms. The summed E-state index contributed by atoms with van der Waals surface area (Å²) in [5.74, 6) is -0.292. The third kappa shape index (κ3) is 3.84. The van der Waals surface area contributed by atoms with Crippen molar-refractivity contribution in [1.82, 2.24) is 0 Å². The summed E-state index contributed by atoms with van der Waals surface area (Å²) in [6.07, 6.45) is 8.21. The lowest BCUT2D eigenvalue weighted by molar-refractivity contribution is -0.117. The van der Waals surface area contributed by atoms with Gasteiger partial charge in [-0.05, 0) is 65.8 Å². The van der Waals surface area contributed by atoms with Crippen LogP contribution in [0.1, 0.15) is 59.7 Å². The first-order valence-electron chi connectivity index (χ1n) is 10.5. The molecule has 0 saturated heterocycles. The first-order valence-corrected chi connectivity index (χ1v) is 10.5. The first kappa shape index (κ1) is 20.2. The topological polar surface area (TPSA) is 66.8 Å². The SMILES string of the molecule is COc1cc(C(=O)O)ccc1CC1=CCc2ccc(N(C(C)=O)C3CCCC3)cc21. The van der Waals surface area contributed by atoms with E-state index < -0.39 is 5.97 Å². The van der Waals surface area contributed by atoms with E-state index in [9.17, 15) is 14.7 Å². The average molecular weight is 405 g/mol. The molecule has 1 amide bonds. The normalized spacial score (nSPS) is 15.6. The molecule has 1 N–H and O–H groups in total. The molecule has 156 valence electrons. The van der Waals surface area contributed by atoms with E-state index in [0.29, 0.717) is 12.2 Å². The number of anilines is 1. The Balaban J connectivity index is 1.63. The van der Waals surface area contributed by atoms with Crippen LogP contribution in [0.4, 0.5) is 5.69 Å². The monoisotopic (exact) mass is 405 g/mol. The Hall–Kier alpha value is -3.08. The lowest BCUT2D eigenvalue weighted by atomic mass is 9.97. The first-order chi connectivity index (χ1) is 14.5. The molecule has 0 heterocycles. The van der Waals surface area contributed by atoms with Gasteiger partial charge in [0.05, 0.1) is 12.7 Å². The van der Waals surface area contributed by atoms with Gasteiger partial charge in [-0.1, -0.05) is 31.1 Å². The Kier molecular flexibility index (Phi) is 5.62. The minimum absolute atomic E-state index is 0.0938. The Labute approximate surface area is 177 Å². The van der Waals surface area contributed by atoms with E-state index in [1.165, 1.54) is 29.5 Å². The fourth-order valence-electron chi connectivity index (χ4n) is 4.74. The minimum atomic E-state index is -0.967. The molecular formula is C25H27NO4. The van der Waals surface area contributed by atoms with E-state index in [2.05, 4.69) is 24.3 Å². The van der Waals surface area contributed by atoms with Crippen molar-refractivity contribution in [3.8, 4) is 5.75 Å². The maximum Gasteiger partial charge on any atom is 0.335 e. The molecule has 1 fully saturated rings. The quantitative estimate of drug-likeness (QED) is 0.744. The summed E-state index contributed by atoms with van der Waals surface area (Å²) >= 11 is 0. The van der Waals surface area contributed by atoms with E-state index in [0.717, 1.165) is 30.5 Å². The van der Waals surface area contributed by atoms with Crippen molar-refractivity contribution < 1.29 is 19.4 Å². The third-order valence-electron chi connectivity index (χ3n) is 6.23. The summed E-state index contributed by atoms with van der Waals surface area (Å²) in [5.41, 5.74) is 5.74. The van der Waals surface area contributed by atoms with Crippen LogP contribution in [0.3, 0.4) is 0 Å². The highest BCUT2D eigenvalue weighted by atomic mass is 16.5. The van der Waals surface area contributed by atoms with Crippen molar-refractivity contribution >= 4 is 23.1 Å². The molecule has 0 unspecified atom stereocenters. The highest BCUT2D eigenvalue weighted by Gasteiger charge is 2.27. The van der Waals surface area contributed by atoms with Crippen LogP contribution in [0.15, 0.2) is 42.5 Å². The molecule has 1 saturated carbocycles. The van der Waals surface area contributed by atoms with Gasteiger partial charge in [-0.25, -0.2) is 4.79 Å². The van der Waals surface area contributed by atoms with Crippen molar-refractivity contribution in [2.75, 3.05) is 12.0 Å². The zero-order valence-electron chi connectivity index (χ0n) is 17.5. The maximum absolute atomic E-state index is 12.4. The number of carbonyl (C=O) groups is 2. The fourth-order valence-corrected chi connectivity index (χ4v) is 4.74. The molecule has 0 bridgehead atoms. The minimum Gasteiger partial charge on any atom is -0.496 e. The predicted octanol–water partition coefficient (Wildman–Crippen LogP) is 4.87. The highest BCUT2D eigenvalue weighted by molar-refractivity contribution is 5.93. The van der Waals surface area contributed by atoms with Gasteiger partial charge in [0.25, 0.3) is 0 Å². The van der Waals surface area contributed by atoms with Gasteiger partial charge in [0.1, 0.15) is 5.75 Å². The number of carboxylic acids is 1. The number of ether oxygens (including phenoxy) is 1. The molecule has 2 aromatic carbocycles. The summed E-state index contributed by atoms with van der Waals surface area (Å²) in [7, 11) is 1.56. The molecular weight excluding hydrogens is 378 g/mol. The van der Waals surface area contributed by atoms with Crippen molar-refractivity contribution in [1.29, 1.82) is 0 Å². The van der Waals surface area contributed by atoms with Crippen LogP contribution < -0.4 is 9.64 Å². The summed E-state index contributed by atoms with van der Waals surface area (Å²) in [6.45, 7) is 1.65. The summed E-state index contributed by atoms with van der Waals surface area (Å²) in [6, 6.07) is 11.6. The number of rotatable bonds is 6. The maximum atomic E-state index is 12.4. The van der Waals surface area contributed by atoms with Crippen molar-refractivity contribution in [2.24, 2.45) is 0 Å². The van der Waals surface area contributed by atoms with E-state index in [1.54, 1.807) is 26.2 Å². The lowest BCUT2D eigenvalue weighted by Gasteiger charge is -2.28. The number of hydrogen-bond acceptors (Lipinski definition) is 3. The number of aromatic carboxylic acids is 1. The van der Waals surface area contributed by atoms with Crippen LogP contribution in [0, 0.1) is 0 Å². The smallest absolute Gasteiger partial charge is 0.335 e. The molecule has 5 nitrogen and oxygen atoms in total. The van der Waals surface area contributed by atoms with Crippen LogP contribution in [0.2, 0.25) is 0 Å². The van der Waals surface area contributed by atoms with Gasteiger partial charge >= 0.3 is 5.97 Å². The van der Waals surface area contributed by atoms with E-state index in [4.69, 9.17) is 4.74 Å². The van der Waals surface area contributed by atoms with Gasteiger partial charge in [0.15, 0.2) is 0 Å². The Morgan fingerprint density at radius 3 is 2.57 bits per heavy atom. The van der Waals surface area contributed by atoms with Gasteiger partial charge in [0.2, 0.25) is 5.91 Å². The van der Waals surface area contributed by atoms with E-state index >= 15 is 0 Å². The highest BCUT2D eigenvalue weighted by Crippen LogP contribution is 2.37. The molecule has 2 aliphatic carbocycles. The van der Waals surface area contributed by atoms with Crippen LogP contribution >= 0.6 is 0 Å². The number of amides is 1. The molecule has 2 aromatic rings. The molecule has 4 rings (SSSR count). The zero-order chi connectivity index (χ0) is 21.3. The van der Waals surface area contributed by atoms with Gasteiger partial charge in [-0.3, -0.25) is 4.79 Å². The Morgan fingerprint density at radius 1 is 1.13 bits per heavy atom. The van der Waals surface area contributed by atoms with Crippen LogP contribution in [-0.2, 0) is 17.6 Å². The Morgan fingerprint density at radius 2 is 1.90 bits per heavy atom. The molecule has 0 spiro atoms. The van der Waals surface area contributed by atoms with E-state index in [1.807, 2.05) is 11.0 Å². The average Bonchev–Trinajstić information content (AvgIpc) is 3.38. The van der Waals surface area contributed by atoms with Crippen LogP contribution in [-0.4, -0.2) is 30.1 Å². The van der Waals surface area contributed by atoms with Gasteiger partial charge in [-0.2, -0.15) is 0 Å². The third-order valence-corrected chi connectivity index (χ3v) is 6.23. The van der Waals surface area contributed by atoms with Crippen molar-refractivity contribution in [2.45, 2.75) is 51.5 Å². The summed E-state index contributed by atoms with van der Waals surface area (Å²) in [5, 5.41) is 9.23. The molecule has 0 atom stereocenters. The fraction of sp³-hybridized carbons (Fsp3) is 0.360. The van der Waals surface area contributed by atoms with Crippen molar-refractivity contribution in [3.63, 3.8) is 0 Å².